The van der Waals surface area contributed by atoms with Crippen LogP contribution in [-0.2, 0) is 6.61 Å². The average Bonchev–Trinajstić information content (AvgIpc) is 3.26. The molecule has 124 valence electrons. The van der Waals surface area contributed by atoms with E-state index in [0.29, 0.717) is 23.0 Å². The molecule has 4 rings (SSSR count). The van der Waals surface area contributed by atoms with Gasteiger partial charge in [0.2, 0.25) is 6.79 Å². The largest absolute Gasteiger partial charge is 0.478 e. The molecule has 0 amide bonds. The van der Waals surface area contributed by atoms with E-state index in [1.54, 1.807) is 0 Å². The lowest BCUT2D eigenvalue weighted by molar-refractivity contribution is 0.174. The molecular formula is C19H12BrNO3S. The Kier molecular flexibility index (Phi) is 4.35. The molecule has 0 spiro atoms. The molecule has 1 aliphatic rings. The highest BCUT2D eigenvalue weighted by Crippen LogP contribution is 2.41. The fourth-order valence-corrected chi connectivity index (χ4v) is 3.70. The maximum Gasteiger partial charge on any atom is 0.231 e. The Morgan fingerprint density at radius 2 is 1.92 bits per heavy atom. The SMILES string of the molecule is N#Cc1c(-c2ccc3c(c2)OCO3)csc1OCc1ccc(Br)cc1. The number of halogens is 1. The summed E-state index contributed by atoms with van der Waals surface area (Å²) in [4.78, 5) is 0. The molecule has 0 bridgehead atoms. The van der Waals surface area contributed by atoms with E-state index in [1.807, 2.05) is 47.8 Å². The van der Waals surface area contributed by atoms with E-state index in [0.717, 1.165) is 26.9 Å². The van der Waals surface area contributed by atoms with Gasteiger partial charge in [0.15, 0.2) is 16.6 Å². The lowest BCUT2D eigenvalue weighted by Gasteiger charge is -2.06. The molecule has 25 heavy (non-hydrogen) atoms. The molecule has 2 heterocycles. The second-order valence-corrected chi connectivity index (χ2v) is 7.16. The topological polar surface area (TPSA) is 51.5 Å². The Labute approximate surface area is 157 Å². The molecule has 0 N–H and O–H groups in total. The van der Waals surface area contributed by atoms with Gasteiger partial charge in [-0.1, -0.05) is 34.1 Å². The van der Waals surface area contributed by atoms with E-state index in [9.17, 15) is 5.26 Å². The number of hydrogen-bond donors (Lipinski definition) is 0. The third kappa shape index (κ3) is 3.21. The van der Waals surface area contributed by atoms with Gasteiger partial charge in [0.1, 0.15) is 18.2 Å². The summed E-state index contributed by atoms with van der Waals surface area (Å²) in [5.41, 5.74) is 3.35. The number of benzene rings is 2. The third-order valence-electron chi connectivity index (χ3n) is 3.84. The lowest BCUT2D eigenvalue weighted by atomic mass is 10.0. The van der Waals surface area contributed by atoms with E-state index in [4.69, 9.17) is 14.2 Å². The fourth-order valence-electron chi connectivity index (χ4n) is 2.56. The number of thiophene rings is 1. The first-order valence-electron chi connectivity index (χ1n) is 7.53. The van der Waals surface area contributed by atoms with Gasteiger partial charge in [-0.2, -0.15) is 5.26 Å². The van der Waals surface area contributed by atoms with Crippen molar-refractivity contribution in [3.63, 3.8) is 0 Å². The van der Waals surface area contributed by atoms with Crippen LogP contribution in [0.3, 0.4) is 0 Å². The van der Waals surface area contributed by atoms with E-state index in [2.05, 4.69) is 22.0 Å². The van der Waals surface area contributed by atoms with Gasteiger partial charge in [0.25, 0.3) is 0 Å². The molecule has 2 aromatic carbocycles. The van der Waals surface area contributed by atoms with Crippen LogP contribution < -0.4 is 14.2 Å². The van der Waals surface area contributed by atoms with Crippen LogP contribution in [0.25, 0.3) is 11.1 Å². The van der Waals surface area contributed by atoms with Crippen LogP contribution in [0.2, 0.25) is 0 Å². The molecule has 3 aromatic rings. The smallest absolute Gasteiger partial charge is 0.231 e. The Morgan fingerprint density at radius 1 is 1.12 bits per heavy atom. The molecule has 1 aliphatic heterocycles. The second-order valence-electron chi connectivity index (χ2n) is 5.41. The van der Waals surface area contributed by atoms with E-state index in [1.165, 1.54) is 11.3 Å². The number of ether oxygens (including phenoxy) is 3. The Bertz CT molecular complexity index is 960. The number of hydrogen-bond acceptors (Lipinski definition) is 5. The quantitative estimate of drug-likeness (QED) is 0.577. The minimum Gasteiger partial charge on any atom is -0.478 e. The summed E-state index contributed by atoms with van der Waals surface area (Å²) >= 11 is 4.84. The molecule has 0 saturated carbocycles. The highest BCUT2D eigenvalue weighted by molar-refractivity contribution is 9.10. The first kappa shape index (κ1) is 16.0. The van der Waals surface area contributed by atoms with Gasteiger partial charge < -0.3 is 14.2 Å². The third-order valence-corrected chi connectivity index (χ3v) is 5.25. The Hall–Kier alpha value is -2.49. The summed E-state index contributed by atoms with van der Waals surface area (Å²) in [6, 6.07) is 15.9. The second kappa shape index (κ2) is 6.79. The summed E-state index contributed by atoms with van der Waals surface area (Å²) in [6.07, 6.45) is 0. The highest BCUT2D eigenvalue weighted by atomic mass is 79.9. The molecule has 4 nitrogen and oxygen atoms in total. The molecule has 1 aromatic heterocycles. The molecule has 0 fully saturated rings. The van der Waals surface area contributed by atoms with Gasteiger partial charge in [-0.25, -0.2) is 0 Å². The fraction of sp³-hybridized carbons (Fsp3) is 0.105. The summed E-state index contributed by atoms with van der Waals surface area (Å²) < 4.78 is 17.7. The molecule has 0 unspecified atom stereocenters. The maximum atomic E-state index is 9.59. The monoisotopic (exact) mass is 413 g/mol. The number of rotatable bonds is 4. The van der Waals surface area contributed by atoms with Gasteiger partial charge in [0, 0.05) is 15.4 Å². The van der Waals surface area contributed by atoms with E-state index >= 15 is 0 Å². The first-order valence-corrected chi connectivity index (χ1v) is 9.21. The summed E-state index contributed by atoms with van der Waals surface area (Å²) in [5, 5.41) is 12.2. The zero-order chi connectivity index (χ0) is 17.2. The van der Waals surface area contributed by atoms with Crippen molar-refractivity contribution in [2.24, 2.45) is 0 Å². The van der Waals surface area contributed by atoms with Crippen molar-refractivity contribution >= 4 is 27.3 Å². The Morgan fingerprint density at radius 3 is 2.72 bits per heavy atom. The predicted octanol–water partition coefficient (Wildman–Crippen LogP) is 5.36. The molecular weight excluding hydrogens is 402 g/mol. The number of nitrogens with zero attached hydrogens (tertiary/aromatic N) is 1. The van der Waals surface area contributed by atoms with Crippen molar-refractivity contribution in [3.8, 4) is 33.8 Å². The molecule has 0 radical (unpaired) electrons. The zero-order valence-corrected chi connectivity index (χ0v) is 15.4. The summed E-state index contributed by atoms with van der Waals surface area (Å²) in [7, 11) is 0. The van der Waals surface area contributed by atoms with Crippen LogP contribution in [0, 0.1) is 11.3 Å². The first-order chi connectivity index (χ1) is 12.2. The van der Waals surface area contributed by atoms with E-state index in [-0.39, 0.29) is 6.79 Å². The van der Waals surface area contributed by atoms with Crippen molar-refractivity contribution in [2.75, 3.05) is 6.79 Å². The molecule has 6 heteroatoms. The van der Waals surface area contributed by atoms with E-state index < -0.39 is 0 Å². The summed E-state index contributed by atoms with van der Waals surface area (Å²) in [6.45, 7) is 0.651. The zero-order valence-electron chi connectivity index (χ0n) is 13.0. The summed E-state index contributed by atoms with van der Waals surface area (Å²) in [5.74, 6) is 1.43. The van der Waals surface area contributed by atoms with Gasteiger partial charge in [0.05, 0.1) is 0 Å². The van der Waals surface area contributed by atoms with Gasteiger partial charge in [-0.15, -0.1) is 11.3 Å². The predicted molar refractivity (Wildman–Crippen MR) is 99.1 cm³/mol. The molecule has 0 aliphatic carbocycles. The average molecular weight is 414 g/mol. The number of nitriles is 1. The van der Waals surface area contributed by atoms with Crippen LogP contribution in [-0.4, -0.2) is 6.79 Å². The molecule has 0 saturated heterocycles. The van der Waals surface area contributed by atoms with Gasteiger partial charge >= 0.3 is 0 Å². The number of fused-ring (bicyclic) bond motifs is 1. The van der Waals surface area contributed by atoms with Crippen molar-refractivity contribution in [3.05, 3.63) is 63.4 Å². The maximum absolute atomic E-state index is 9.59. The van der Waals surface area contributed by atoms with Gasteiger partial charge in [-0.05, 0) is 35.4 Å². The van der Waals surface area contributed by atoms with Crippen molar-refractivity contribution in [1.82, 2.24) is 0 Å². The van der Waals surface area contributed by atoms with Crippen molar-refractivity contribution < 1.29 is 14.2 Å². The van der Waals surface area contributed by atoms with Crippen LogP contribution in [0.4, 0.5) is 0 Å². The minimum absolute atomic E-state index is 0.231. The minimum atomic E-state index is 0.231. The normalized spacial score (nSPS) is 12.0. The Balaban J connectivity index is 1.59. The van der Waals surface area contributed by atoms with Crippen LogP contribution in [0.5, 0.6) is 16.6 Å². The van der Waals surface area contributed by atoms with Crippen LogP contribution in [0.15, 0.2) is 52.3 Å². The standard InChI is InChI=1S/C19H12BrNO3S/c20-14-4-1-12(2-5-14)9-22-19-15(8-21)16(10-25-19)13-3-6-17-18(7-13)24-11-23-17/h1-7,10H,9,11H2. The lowest BCUT2D eigenvalue weighted by Crippen LogP contribution is -1.95. The van der Waals surface area contributed by atoms with Crippen molar-refractivity contribution in [1.29, 1.82) is 5.26 Å². The van der Waals surface area contributed by atoms with Gasteiger partial charge in [-0.3, -0.25) is 0 Å². The van der Waals surface area contributed by atoms with Crippen LogP contribution in [0.1, 0.15) is 11.1 Å². The highest BCUT2D eigenvalue weighted by Gasteiger charge is 2.18. The van der Waals surface area contributed by atoms with Crippen LogP contribution >= 0.6 is 27.3 Å². The molecule has 0 atom stereocenters. The van der Waals surface area contributed by atoms with Crippen molar-refractivity contribution in [2.45, 2.75) is 6.61 Å².